The van der Waals surface area contributed by atoms with Gasteiger partial charge in [0.2, 0.25) is 0 Å². The lowest BCUT2D eigenvalue weighted by atomic mass is 10.1. The largest absolute Gasteiger partial charge is 0.301 e. The normalized spacial score (nSPS) is 14.9. The van der Waals surface area contributed by atoms with Crippen molar-refractivity contribution >= 4 is 23.4 Å². The van der Waals surface area contributed by atoms with Gasteiger partial charge in [0.15, 0.2) is 5.16 Å². The number of aromatic nitrogens is 2. The fraction of sp³-hybridized carbons (Fsp3) is 0.333. The number of fused-ring (bicyclic) bond motifs is 1. The van der Waals surface area contributed by atoms with E-state index in [4.69, 9.17) is 11.6 Å². The number of nitrogens with one attached hydrogen (secondary N) is 1. The number of thioether (sulfide) groups is 1. The summed E-state index contributed by atoms with van der Waals surface area (Å²) in [4.78, 5) is 21.5. The van der Waals surface area contributed by atoms with Crippen LogP contribution in [0.2, 0.25) is 5.02 Å². The summed E-state index contributed by atoms with van der Waals surface area (Å²) in [5.41, 5.74) is 2.45. The first-order valence-corrected chi connectivity index (χ1v) is 8.49. The lowest BCUT2D eigenvalue weighted by Crippen LogP contribution is -2.35. The minimum absolute atomic E-state index is 0.0730. The number of hydrogen-bond acceptors (Lipinski definition) is 4. The molecule has 116 valence electrons. The van der Waals surface area contributed by atoms with E-state index in [2.05, 4.69) is 14.9 Å². The van der Waals surface area contributed by atoms with Gasteiger partial charge in [-0.05, 0) is 24.0 Å². The van der Waals surface area contributed by atoms with E-state index in [-0.39, 0.29) is 10.6 Å². The number of halogens is 2. The van der Waals surface area contributed by atoms with Gasteiger partial charge in [-0.2, -0.15) is 0 Å². The Morgan fingerprint density at radius 1 is 1.50 bits per heavy atom. The van der Waals surface area contributed by atoms with Gasteiger partial charge in [-0.25, -0.2) is 9.37 Å². The number of benzene rings is 1. The standard InChI is InChI=1S/C15H15ClFN3OS/c1-22-15-18-13-4-5-20(8-10(13)14(21)19-15)7-9-2-3-12(17)11(16)6-9/h2-3,6H,4-5,7-8H2,1H3,(H,18,19,21). The highest BCUT2D eigenvalue weighted by atomic mass is 35.5. The van der Waals surface area contributed by atoms with Crippen molar-refractivity contribution in [2.24, 2.45) is 0 Å². The van der Waals surface area contributed by atoms with Crippen molar-refractivity contribution in [3.63, 3.8) is 0 Å². The van der Waals surface area contributed by atoms with Crippen LogP contribution in [0.25, 0.3) is 0 Å². The fourth-order valence-electron chi connectivity index (χ4n) is 2.59. The number of hydrogen-bond donors (Lipinski definition) is 1. The van der Waals surface area contributed by atoms with Crippen LogP contribution in [0.5, 0.6) is 0 Å². The second-order valence-corrected chi connectivity index (χ2v) is 6.41. The molecule has 0 saturated heterocycles. The van der Waals surface area contributed by atoms with Crippen LogP contribution >= 0.6 is 23.4 Å². The quantitative estimate of drug-likeness (QED) is 0.690. The molecule has 1 aliphatic rings. The van der Waals surface area contributed by atoms with Crippen LogP contribution in [0.4, 0.5) is 4.39 Å². The summed E-state index contributed by atoms with van der Waals surface area (Å²) in [7, 11) is 0. The summed E-state index contributed by atoms with van der Waals surface area (Å²) in [6, 6.07) is 4.72. The van der Waals surface area contributed by atoms with E-state index in [0.29, 0.717) is 18.2 Å². The summed E-state index contributed by atoms with van der Waals surface area (Å²) >= 11 is 7.24. The van der Waals surface area contributed by atoms with E-state index >= 15 is 0 Å². The van der Waals surface area contributed by atoms with Gasteiger partial charge in [-0.3, -0.25) is 9.69 Å². The van der Waals surface area contributed by atoms with Crippen LogP contribution in [0.15, 0.2) is 28.2 Å². The zero-order chi connectivity index (χ0) is 15.7. The minimum Gasteiger partial charge on any atom is -0.301 e. The van der Waals surface area contributed by atoms with Gasteiger partial charge >= 0.3 is 0 Å². The van der Waals surface area contributed by atoms with Gasteiger partial charge in [-0.1, -0.05) is 29.4 Å². The van der Waals surface area contributed by atoms with Crippen LogP contribution in [0.1, 0.15) is 16.8 Å². The van der Waals surface area contributed by atoms with Gasteiger partial charge in [0.25, 0.3) is 5.56 Å². The summed E-state index contributed by atoms with van der Waals surface area (Å²) < 4.78 is 13.2. The van der Waals surface area contributed by atoms with E-state index < -0.39 is 5.82 Å². The molecule has 0 saturated carbocycles. The van der Waals surface area contributed by atoms with Gasteiger partial charge < -0.3 is 4.98 Å². The SMILES string of the molecule is CSc1nc2c(c(=O)[nH]1)CN(Cc1ccc(F)c(Cl)c1)CC2. The molecule has 0 atom stereocenters. The Kier molecular flexibility index (Phi) is 4.52. The maximum atomic E-state index is 13.2. The average molecular weight is 340 g/mol. The lowest BCUT2D eigenvalue weighted by molar-refractivity contribution is 0.241. The second kappa shape index (κ2) is 6.40. The lowest BCUT2D eigenvalue weighted by Gasteiger charge is -2.27. The highest BCUT2D eigenvalue weighted by molar-refractivity contribution is 7.98. The average Bonchev–Trinajstić information content (AvgIpc) is 2.51. The predicted octanol–water partition coefficient (Wildman–Crippen LogP) is 2.84. The van der Waals surface area contributed by atoms with Gasteiger partial charge in [0.05, 0.1) is 16.3 Å². The second-order valence-electron chi connectivity index (χ2n) is 5.21. The van der Waals surface area contributed by atoms with E-state index in [1.165, 1.54) is 17.8 Å². The molecule has 2 aromatic rings. The first-order valence-electron chi connectivity index (χ1n) is 6.89. The summed E-state index contributed by atoms with van der Waals surface area (Å²) in [6.07, 6.45) is 2.62. The Hall–Kier alpha value is -1.37. The molecule has 4 nitrogen and oxygen atoms in total. The fourth-order valence-corrected chi connectivity index (χ4v) is 3.19. The molecule has 1 aromatic heterocycles. The topological polar surface area (TPSA) is 49.0 Å². The molecule has 0 aliphatic carbocycles. The molecular weight excluding hydrogens is 325 g/mol. The van der Waals surface area contributed by atoms with Crippen molar-refractivity contribution in [1.29, 1.82) is 0 Å². The maximum Gasteiger partial charge on any atom is 0.256 e. The molecule has 1 aliphatic heterocycles. The number of rotatable bonds is 3. The van der Waals surface area contributed by atoms with Crippen molar-refractivity contribution in [2.45, 2.75) is 24.7 Å². The molecule has 1 N–H and O–H groups in total. The Balaban J connectivity index is 1.79. The van der Waals surface area contributed by atoms with Gasteiger partial charge in [-0.15, -0.1) is 0 Å². The van der Waals surface area contributed by atoms with Crippen molar-refractivity contribution in [2.75, 3.05) is 12.8 Å². The molecule has 0 unspecified atom stereocenters. The molecular formula is C15H15ClFN3OS. The summed E-state index contributed by atoms with van der Waals surface area (Å²) in [5, 5.41) is 0.779. The smallest absolute Gasteiger partial charge is 0.256 e. The molecule has 0 radical (unpaired) electrons. The predicted molar refractivity (Wildman–Crippen MR) is 85.9 cm³/mol. The first kappa shape index (κ1) is 15.5. The van der Waals surface area contributed by atoms with Crippen LogP contribution in [0, 0.1) is 5.82 Å². The number of aromatic amines is 1. The van der Waals surface area contributed by atoms with Crippen LogP contribution in [0.3, 0.4) is 0 Å². The van der Waals surface area contributed by atoms with Crippen molar-refractivity contribution in [1.82, 2.24) is 14.9 Å². The third kappa shape index (κ3) is 3.19. The summed E-state index contributed by atoms with van der Waals surface area (Å²) in [5.74, 6) is -0.417. The molecule has 0 bridgehead atoms. The molecule has 3 rings (SSSR count). The molecule has 0 spiro atoms. The van der Waals surface area contributed by atoms with Crippen molar-refractivity contribution in [3.05, 3.63) is 56.2 Å². The first-order chi connectivity index (χ1) is 10.6. The van der Waals surface area contributed by atoms with Crippen LogP contribution in [-0.4, -0.2) is 27.7 Å². The third-order valence-corrected chi connectivity index (χ3v) is 4.58. The Bertz CT molecular complexity index is 765. The molecule has 2 heterocycles. The molecule has 1 aromatic carbocycles. The van der Waals surface area contributed by atoms with Crippen LogP contribution < -0.4 is 5.56 Å². The van der Waals surface area contributed by atoms with E-state index in [0.717, 1.165) is 29.8 Å². The van der Waals surface area contributed by atoms with Crippen molar-refractivity contribution in [3.8, 4) is 0 Å². The number of H-pyrrole nitrogens is 1. The molecule has 22 heavy (non-hydrogen) atoms. The zero-order valence-corrected chi connectivity index (χ0v) is 13.6. The Morgan fingerprint density at radius 2 is 2.32 bits per heavy atom. The number of nitrogens with zero attached hydrogens (tertiary/aromatic N) is 2. The van der Waals surface area contributed by atoms with Gasteiger partial charge in [0.1, 0.15) is 5.82 Å². The van der Waals surface area contributed by atoms with Gasteiger partial charge in [0, 0.05) is 26.1 Å². The van der Waals surface area contributed by atoms with Crippen LogP contribution in [-0.2, 0) is 19.5 Å². The third-order valence-electron chi connectivity index (χ3n) is 3.71. The highest BCUT2D eigenvalue weighted by Crippen LogP contribution is 2.21. The Morgan fingerprint density at radius 3 is 3.05 bits per heavy atom. The zero-order valence-electron chi connectivity index (χ0n) is 12.0. The Labute approximate surface area is 136 Å². The van der Waals surface area contributed by atoms with E-state index in [1.54, 1.807) is 12.1 Å². The molecule has 0 fully saturated rings. The van der Waals surface area contributed by atoms with E-state index in [1.807, 2.05) is 6.26 Å². The maximum absolute atomic E-state index is 13.2. The molecule has 7 heteroatoms. The summed E-state index contributed by atoms with van der Waals surface area (Å²) in [6.45, 7) is 1.98. The van der Waals surface area contributed by atoms with Crippen molar-refractivity contribution < 1.29 is 4.39 Å². The minimum atomic E-state index is -0.417. The van der Waals surface area contributed by atoms with E-state index in [9.17, 15) is 9.18 Å². The molecule has 0 amide bonds. The highest BCUT2D eigenvalue weighted by Gasteiger charge is 2.21. The monoisotopic (exact) mass is 339 g/mol.